The predicted octanol–water partition coefficient (Wildman–Crippen LogP) is 10.2. The van der Waals surface area contributed by atoms with Crippen LogP contribution < -0.4 is 5.32 Å². The van der Waals surface area contributed by atoms with Gasteiger partial charge in [0.2, 0.25) is 11.8 Å². The van der Waals surface area contributed by atoms with E-state index in [0.29, 0.717) is 51.1 Å². The fourth-order valence-corrected chi connectivity index (χ4v) is 8.17. The van der Waals surface area contributed by atoms with E-state index in [1.165, 1.54) is 5.57 Å². The van der Waals surface area contributed by atoms with Gasteiger partial charge in [-0.15, -0.1) is 0 Å². The van der Waals surface area contributed by atoms with Crippen LogP contribution in [0.5, 0.6) is 0 Å². The van der Waals surface area contributed by atoms with Crippen molar-refractivity contribution in [3.8, 4) is 0 Å². The highest BCUT2D eigenvalue weighted by Gasteiger charge is 2.43. The van der Waals surface area contributed by atoms with Crippen molar-refractivity contribution >= 4 is 17.8 Å². The van der Waals surface area contributed by atoms with Crippen LogP contribution in [0, 0.1) is 29.1 Å². The van der Waals surface area contributed by atoms with E-state index in [9.17, 15) is 24.6 Å². The number of fused-ring (bicyclic) bond motifs is 1. The van der Waals surface area contributed by atoms with Gasteiger partial charge in [-0.05, 0) is 121 Å². The minimum Gasteiger partial charge on any atom is -0.461 e. The molecule has 3 aliphatic rings. The summed E-state index contributed by atoms with van der Waals surface area (Å²) in [6, 6.07) is -0.138. The summed E-state index contributed by atoms with van der Waals surface area (Å²) in [5.74, 6) is 0.486. The first-order valence-electron chi connectivity index (χ1n) is 22.8. The van der Waals surface area contributed by atoms with Crippen LogP contribution >= 0.6 is 0 Å². The maximum Gasteiger partial charge on any atom is 0.311 e. The van der Waals surface area contributed by atoms with Crippen molar-refractivity contribution in [3.05, 3.63) is 96.7 Å². The zero-order valence-electron chi connectivity index (χ0n) is 37.3. The molecule has 2 unspecified atom stereocenters. The number of nitrogens with zero attached hydrogens (tertiary/aromatic N) is 1. The number of carbonyl (C=O) groups excluding carboxylic acids is 3. The molecule has 1 fully saturated rings. The molecule has 328 valence electrons. The maximum absolute atomic E-state index is 13.1. The summed E-state index contributed by atoms with van der Waals surface area (Å²) in [4.78, 5) is 40.6. The summed E-state index contributed by atoms with van der Waals surface area (Å²) < 4.78 is 6.23. The lowest BCUT2D eigenvalue weighted by Gasteiger charge is -2.44. The largest absolute Gasteiger partial charge is 0.461 e. The number of amides is 2. The Morgan fingerprint density at radius 1 is 0.881 bits per heavy atom. The van der Waals surface area contributed by atoms with Gasteiger partial charge in [0.15, 0.2) is 0 Å². The number of rotatable bonds is 25. The van der Waals surface area contributed by atoms with Gasteiger partial charge >= 0.3 is 5.97 Å². The topological polar surface area (TPSA) is 116 Å². The standard InChI is InChI=1S/C51H78N2O6/c1-7-9-10-11-12-13-14-15-16-17-18-19-20-21-22-23-24-25-26-27-48(57)53-33-32-42(38-53)52-47(56)37-44(55)36-43(54)30-31-45-40(4)28-29-41-34-39(3)35-46(49(41)45)59-50(58)51(5,6)8-2/h9-10,12-13,15-16,18-19,21-22,24-25,28-29,34,39-40,42-46,49,54-55H,7-8,11,14,17,20,23,26-27,30-33,35-38H2,1-6H3,(H,52,56)/b10-9-,13-12-,16-15-,19-18-,22-21-,25-24-/t39-,40-,42+,43-,44+,45-,46?,49?/m0/s1. The number of hydrogen-bond acceptors (Lipinski definition) is 6. The van der Waals surface area contributed by atoms with Crippen molar-refractivity contribution in [2.75, 3.05) is 13.1 Å². The van der Waals surface area contributed by atoms with E-state index in [4.69, 9.17) is 4.74 Å². The molecule has 0 aromatic heterocycles. The van der Waals surface area contributed by atoms with Crippen LogP contribution in [-0.4, -0.2) is 70.3 Å². The highest BCUT2D eigenvalue weighted by atomic mass is 16.5. The van der Waals surface area contributed by atoms with Crippen LogP contribution in [0.1, 0.15) is 138 Å². The Kier molecular flexibility index (Phi) is 22.8. The average Bonchev–Trinajstić information content (AvgIpc) is 3.66. The summed E-state index contributed by atoms with van der Waals surface area (Å²) in [7, 11) is 0. The van der Waals surface area contributed by atoms with Crippen molar-refractivity contribution in [3.63, 3.8) is 0 Å². The van der Waals surface area contributed by atoms with Crippen molar-refractivity contribution in [1.82, 2.24) is 10.2 Å². The normalized spacial score (nSPS) is 24.9. The Labute approximate surface area is 357 Å². The van der Waals surface area contributed by atoms with Gasteiger partial charge in [0, 0.05) is 31.5 Å². The second-order valence-electron chi connectivity index (χ2n) is 17.6. The Bertz CT molecular complexity index is 1530. The van der Waals surface area contributed by atoms with Crippen LogP contribution in [0.3, 0.4) is 0 Å². The van der Waals surface area contributed by atoms with Gasteiger partial charge in [-0.1, -0.05) is 119 Å². The number of likely N-dealkylation sites (tertiary alicyclic amines) is 1. The van der Waals surface area contributed by atoms with E-state index in [1.807, 2.05) is 25.7 Å². The maximum atomic E-state index is 13.1. The number of nitrogens with one attached hydrogen (secondary N) is 1. The Hall–Kier alpha value is -3.75. The minimum atomic E-state index is -0.967. The van der Waals surface area contributed by atoms with Crippen molar-refractivity contribution < 1.29 is 29.3 Å². The molecule has 8 nitrogen and oxygen atoms in total. The Morgan fingerprint density at radius 3 is 2.07 bits per heavy atom. The molecule has 0 radical (unpaired) electrons. The molecule has 3 N–H and O–H groups in total. The Balaban J connectivity index is 1.29. The van der Waals surface area contributed by atoms with E-state index in [0.717, 1.165) is 51.4 Å². The van der Waals surface area contributed by atoms with Gasteiger partial charge in [0.25, 0.3) is 0 Å². The highest BCUT2D eigenvalue weighted by Crippen LogP contribution is 2.45. The highest BCUT2D eigenvalue weighted by molar-refractivity contribution is 5.78. The van der Waals surface area contributed by atoms with Crippen LogP contribution in [-0.2, 0) is 19.1 Å². The molecule has 3 rings (SSSR count). The zero-order chi connectivity index (χ0) is 43.0. The molecule has 8 heteroatoms. The van der Waals surface area contributed by atoms with E-state index >= 15 is 0 Å². The zero-order valence-corrected chi connectivity index (χ0v) is 37.3. The second-order valence-corrected chi connectivity index (χ2v) is 17.6. The molecule has 59 heavy (non-hydrogen) atoms. The quantitative estimate of drug-likeness (QED) is 0.0624. The number of hydrogen-bond donors (Lipinski definition) is 3. The summed E-state index contributed by atoms with van der Waals surface area (Å²) >= 11 is 0. The molecule has 2 amide bonds. The molecule has 0 bridgehead atoms. The Morgan fingerprint density at radius 2 is 1.47 bits per heavy atom. The van der Waals surface area contributed by atoms with Gasteiger partial charge in [-0.3, -0.25) is 14.4 Å². The van der Waals surface area contributed by atoms with Gasteiger partial charge < -0.3 is 25.2 Å². The number of aliphatic hydroxyl groups excluding tert-OH is 2. The van der Waals surface area contributed by atoms with E-state index in [-0.39, 0.29) is 60.5 Å². The smallest absolute Gasteiger partial charge is 0.311 e. The first-order valence-corrected chi connectivity index (χ1v) is 22.8. The molecular weight excluding hydrogens is 737 g/mol. The molecule has 1 saturated heterocycles. The molecule has 0 aromatic rings. The molecular formula is C51H78N2O6. The number of allylic oxidation sites excluding steroid dienone is 15. The lowest BCUT2D eigenvalue weighted by Crippen LogP contribution is -2.43. The van der Waals surface area contributed by atoms with Gasteiger partial charge in [-0.2, -0.15) is 0 Å². The van der Waals surface area contributed by atoms with Crippen LogP contribution in [0.2, 0.25) is 0 Å². The average molecular weight is 815 g/mol. The van der Waals surface area contributed by atoms with E-state index in [1.54, 1.807) is 0 Å². The molecule has 0 saturated carbocycles. The third kappa shape index (κ3) is 18.6. The molecule has 2 aliphatic carbocycles. The SMILES string of the molecule is CC/C=C\C/C=C\C/C=C\C/C=C\C/C=C\C/C=C\CCC(=O)N1CC[C@@H](NC(=O)C[C@H](O)C[C@@H](O)CC[C@@H]2C3C(=C[C@H](C)CC3OC(=O)C(C)(C)CC)C=C[C@@H]2C)C1. The fourth-order valence-electron chi connectivity index (χ4n) is 8.17. The van der Waals surface area contributed by atoms with Crippen molar-refractivity contribution in [1.29, 1.82) is 0 Å². The van der Waals surface area contributed by atoms with Crippen LogP contribution in [0.25, 0.3) is 0 Å². The lowest BCUT2D eigenvalue weighted by molar-refractivity contribution is -0.164. The number of esters is 1. The van der Waals surface area contributed by atoms with Gasteiger partial charge in [0.1, 0.15) is 6.10 Å². The monoisotopic (exact) mass is 815 g/mol. The molecule has 1 heterocycles. The summed E-state index contributed by atoms with van der Waals surface area (Å²) in [5.41, 5.74) is 0.669. The summed E-state index contributed by atoms with van der Waals surface area (Å²) in [6.07, 6.45) is 41.1. The minimum absolute atomic E-state index is 0.0697. The number of ether oxygens (including phenoxy) is 1. The van der Waals surface area contributed by atoms with Crippen molar-refractivity contribution in [2.45, 2.75) is 162 Å². The summed E-state index contributed by atoms with van der Waals surface area (Å²) in [6.45, 7) is 13.4. The van der Waals surface area contributed by atoms with Gasteiger partial charge in [0.05, 0.1) is 24.0 Å². The van der Waals surface area contributed by atoms with Crippen LogP contribution in [0.15, 0.2) is 96.7 Å². The third-order valence-corrected chi connectivity index (χ3v) is 12.1. The first kappa shape index (κ1) is 49.6. The lowest BCUT2D eigenvalue weighted by atomic mass is 9.65. The number of carbonyl (C=O) groups is 3. The fraction of sp³-hybridized carbons (Fsp3) is 0.627. The van der Waals surface area contributed by atoms with Crippen LogP contribution in [0.4, 0.5) is 0 Å². The predicted molar refractivity (Wildman–Crippen MR) is 242 cm³/mol. The molecule has 0 spiro atoms. The second kappa shape index (κ2) is 27.2. The van der Waals surface area contributed by atoms with E-state index in [2.05, 4.69) is 117 Å². The van der Waals surface area contributed by atoms with E-state index < -0.39 is 17.6 Å². The molecule has 0 aromatic carbocycles. The van der Waals surface area contributed by atoms with Crippen molar-refractivity contribution in [2.24, 2.45) is 29.1 Å². The summed E-state index contributed by atoms with van der Waals surface area (Å²) in [5, 5.41) is 24.7. The van der Waals surface area contributed by atoms with Gasteiger partial charge in [-0.25, -0.2) is 0 Å². The third-order valence-electron chi connectivity index (χ3n) is 12.1. The number of aliphatic hydroxyl groups is 2. The molecule has 1 aliphatic heterocycles. The molecule has 8 atom stereocenters. The first-order chi connectivity index (χ1) is 28.3.